The predicted octanol–water partition coefficient (Wildman–Crippen LogP) is 4.53. The van der Waals surface area contributed by atoms with Crippen LogP contribution in [0.3, 0.4) is 0 Å². The Morgan fingerprint density at radius 3 is 2.30 bits per heavy atom. The van der Waals surface area contributed by atoms with Gasteiger partial charge in [0.25, 0.3) is 0 Å². The molecule has 0 radical (unpaired) electrons. The summed E-state index contributed by atoms with van der Waals surface area (Å²) in [4.78, 5) is 0. The van der Waals surface area contributed by atoms with Crippen molar-refractivity contribution in [2.75, 3.05) is 7.11 Å². The number of hydrogen-bond donors (Lipinski definition) is 1. The van der Waals surface area contributed by atoms with E-state index in [1.54, 1.807) is 7.11 Å². The first-order valence-electron chi connectivity index (χ1n) is 7.77. The Labute approximate surface area is 123 Å². The third-order valence-corrected chi connectivity index (χ3v) is 5.10. The van der Waals surface area contributed by atoms with Crippen LogP contribution in [-0.4, -0.2) is 7.11 Å². The molecule has 112 valence electrons. The molecule has 0 saturated heterocycles. The summed E-state index contributed by atoms with van der Waals surface area (Å²) >= 11 is 0. The van der Waals surface area contributed by atoms with Crippen molar-refractivity contribution in [1.29, 1.82) is 0 Å². The summed E-state index contributed by atoms with van der Waals surface area (Å²) < 4.78 is 5.46. The molecular formula is C18H29NO. The molecule has 0 aliphatic heterocycles. The second-order valence-corrected chi connectivity index (χ2v) is 7.05. The topological polar surface area (TPSA) is 35.2 Å². The lowest BCUT2D eigenvalue weighted by Crippen LogP contribution is -2.36. The first-order valence-corrected chi connectivity index (χ1v) is 7.77. The molecule has 1 aromatic carbocycles. The molecule has 2 N–H and O–H groups in total. The van der Waals surface area contributed by atoms with Crippen molar-refractivity contribution >= 4 is 0 Å². The maximum absolute atomic E-state index is 6.63. The Morgan fingerprint density at radius 1 is 1.20 bits per heavy atom. The van der Waals surface area contributed by atoms with Crippen LogP contribution in [0.5, 0.6) is 5.75 Å². The zero-order valence-corrected chi connectivity index (χ0v) is 13.6. The lowest BCUT2D eigenvalue weighted by molar-refractivity contribution is 0.112. The summed E-state index contributed by atoms with van der Waals surface area (Å²) in [6, 6.07) is 4.55. The van der Waals surface area contributed by atoms with Crippen LogP contribution in [0.25, 0.3) is 0 Å². The average Bonchev–Trinajstić information content (AvgIpc) is 2.37. The van der Waals surface area contributed by atoms with E-state index in [0.717, 1.165) is 5.75 Å². The molecule has 1 aromatic rings. The van der Waals surface area contributed by atoms with Gasteiger partial charge in [-0.15, -0.1) is 0 Å². The molecule has 0 aromatic heterocycles. The van der Waals surface area contributed by atoms with E-state index in [-0.39, 0.29) is 6.04 Å². The van der Waals surface area contributed by atoms with E-state index in [2.05, 4.69) is 39.8 Å². The van der Waals surface area contributed by atoms with Gasteiger partial charge >= 0.3 is 0 Å². The van der Waals surface area contributed by atoms with Gasteiger partial charge in [-0.25, -0.2) is 0 Å². The van der Waals surface area contributed by atoms with E-state index in [0.29, 0.717) is 11.3 Å². The summed E-state index contributed by atoms with van der Waals surface area (Å²) in [7, 11) is 1.74. The summed E-state index contributed by atoms with van der Waals surface area (Å²) in [6.07, 6.45) is 5.20. The van der Waals surface area contributed by atoms with Gasteiger partial charge in [-0.1, -0.05) is 38.8 Å². The molecule has 2 heteroatoms. The highest BCUT2D eigenvalue weighted by Crippen LogP contribution is 2.46. The zero-order valence-electron chi connectivity index (χ0n) is 13.6. The molecule has 2 rings (SSSR count). The van der Waals surface area contributed by atoms with Crippen molar-refractivity contribution in [1.82, 2.24) is 0 Å². The van der Waals surface area contributed by atoms with Crippen LogP contribution in [0.4, 0.5) is 0 Å². The fourth-order valence-corrected chi connectivity index (χ4v) is 3.92. The number of aryl methyl sites for hydroxylation is 2. The Kier molecular flexibility index (Phi) is 4.43. The summed E-state index contributed by atoms with van der Waals surface area (Å²) in [5.41, 5.74) is 10.6. The molecule has 1 aliphatic carbocycles. The SMILES string of the molecule is COc1c(C)cc(C(N)C2CCCCC2(C)C)cc1C. The molecule has 20 heavy (non-hydrogen) atoms. The van der Waals surface area contributed by atoms with Crippen molar-refractivity contribution in [2.45, 2.75) is 59.4 Å². The van der Waals surface area contributed by atoms with Crippen molar-refractivity contribution in [3.63, 3.8) is 0 Å². The highest BCUT2D eigenvalue weighted by Gasteiger charge is 2.36. The van der Waals surface area contributed by atoms with E-state index in [4.69, 9.17) is 10.5 Å². The maximum Gasteiger partial charge on any atom is 0.124 e. The number of methoxy groups -OCH3 is 1. The lowest BCUT2D eigenvalue weighted by atomic mass is 9.65. The van der Waals surface area contributed by atoms with Gasteiger partial charge in [0.1, 0.15) is 5.75 Å². The fourth-order valence-electron chi connectivity index (χ4n) is 3.92. The van der Waals surface area contributed by atoms with E-state index in [1.165, 1.54) is 42.4 Å². The van der Waals surface area contributed by atoms with Crippen LogP contribution in [0.15, 0.2) is 12.1 Å². The second kappa shape index (κ2) is 5.77. The minimum atomic E-state index is 0.133. The van der Waals surface area contributed by atoms with Gasteiger partial charge in [0, 0.05) is 6.04 Å². The Balaban J connectivity index is 2.31. The van der Waals surface area contributed by atoms with E-state index in [9.17, 15) is 0 Å². The van der Waals surface area contributed by atoms with Gasteiger partial charge < -0.3 is 10.5 Å². The third-order valence-electron chi connectivity index (χ3n) is 5.10. The maximum atomic E-state index is 6.63. The van der Waals surface area contributed by atoms with Crippen LogP contribution >= 0.6 is 0 Å². The van der Waals surface area contributed by atoms with Crippen LogP contribution in [0, 0.1) is 25.2 Å². The molecule has 2 nitrogen and oxygen atoms in total. The van der Waals surface area contributed by atoms with Crippen molar-refractivity contribution in [2.24, 2.45) is 17.1 Å². The van der Waals surface area contributed by atoms with Crippen LogP contribution in [-0.2, 0) is 0 Å². The van der Waals surface area contributed by atoms with Gasteiger partial charge in [-0.3, -0.25) is 0 Å². The molecule has 2 unspecified atom stereocenters. The molecule has 1 saturated carbocycles. The average molecular weight is 275 g/mol. The molecule has 0 spiro atoms. The Bertz CT molecular complexity index is 455. The minimum Gasteiger partial charge on any atom is -0.496 e. The monoisotopic (exact) mass is 275 g/mol. The first kappa shape index (κ1) is 15.4. The first-order chi connectivity index (χ1) is 9.36. The largest absolute Gasteiger partial charge is 0.496 e. The molecular weight excluding hydrogens is 246 g/mol. The fraction of sp³-hybridized carbons (Fsp3) is 0.667. The lowest BCUT2D eigenvalue weighted by Gasteiger charge is -2.42. The van der Waals surface area contributed by atoms with Crippen molar-refractivity contribution in [3.8, 4) is 5.75 Å². The van der Waals surface area contributed by atoms with Gasteiger partial charge in [0.15, 0.2) is 0 Å². The Morgan fingerprint density at radius 2 is 1.80 bits per heavy atom. The standard InChI is InChI=1S/C18H29NO/c1-12-10-14(11-13(2)17(12)20-5)16(19)15-8-6-7-9-18(15,3)4/h10-11,15-16H,6-9,19H2,1-5H3. The molecule has 0 amide bonds. The summed E-state index contributed by atoms with van der Waals surface area (Å²) in [6.45, 7) is 8.96. The number of nitrogens with two attached hydrogens (primary N) is 1. The quantitative estimate of drug-likeness (QED) is 0.879. The van der Waals surface area contributed by atoms with Crippen molar-refractivity contribution < 1.29 is 4.74 Å². The number of hydrogen-bond acceptors (Lipinski definition) is 2. The second-order valence-electron chi connectivity index (χ2n) is 7.05. The molecule has 0 heterocycles. The van der Waals surface area contributed by atoms with E-state index in [1.807, 2.05) is 0 Å². The normalized spacial score (nSPS) is 23.4. The third kappa shape index (κ3) is 2.85. The van der Waals surface area contributed by atoms with Crippen molar-refractivity contribution in [3.05, 3.63) is 28.8 Å². The predicted molar refractivity (Wildman–Crippen MR) is 85.1 cm³/mol. The summed E-state index contributed by atoms with van der Waals surface area (Å²) in [5, 5.41) is 0. The zero-order chi connectivity index (χ0) is 14.9. The smallest absolute Gasteiger partial charge is 0.124 e. The molecule has 1 aliphatic rings. The molecule has 1 fully saturated rings. The molecule has 0 bridgehead atoms. The number of ether oxygens (including phenoxy) is 1. The van der Waals surface area contributed by atoms with Crippen LogP contribution < -0.4 is 10.5 Å². The highest BCUT2D eigenvalue weighted by atomic mass is 16.5. The van der Waals surface area contributed by atoms with E-state index < -0.39 is 0 Å². The van der Waals surface area contributed by atoms with Gasteiger partial charge in [0.2, 0.25) is 0 Å². The Hall–Kier alpha value is -1.02. The highest BCUT2D eigenvalue weighted by molar-refractivity contribution is 5.44. The minimum absolute atomic E-state index is 0.133. The summed E-state index contributed by atoms with van der Waals surface area (Å²) in [5.74, 6) is 1.56. The van der Waals surface area contributed by atoms with Gasteiger partial charge in [-0.2, -0.15) is 0 Å². The van der Waals surface area contributed by atoms with Crippen LogP contribution in [0.2, 0.25) is 0 Å². The number of rotatable bonds is 3. The van der Waals surface area contributed by atoms with E-state index >= 15 is 0 Å². The van der Waals surface area contributed by atoms with Crippen LogP contribution in [0.1, 0.15) is 62.3 Å². The number of benzene rings is 1. The molecule has 2 atom stereocenters. The van der Waals surface area contributed by atoms with Gasteiger partial charge in [0.05, 0.1) is 7.11 Å². The van der Waals surface area contributed by atoms with Gasteiger partial charge in [-0.05, 0) is 54.7 Å².